The molecule has 0 amide bonds. The summed E-state index contributed by atoms with van der Waals surface area (Å²) in [5.41, 5.74) is 2.72. The Morgan fingerprint density at radius 3 is 2.78 bits per heavy atom. The minimum atomic E-state index is 0.688. The van der Waals surface area contributed by atoms with Gasteiger partial charge in [-0.05, 0) is 47.9 Å². The highest BCUT2D eigenvalue weighted by molar-refractivity contribution is 9.10. The van der Waals surface area contributed by atoms with Crippen molar-refractivity contribution in [3.63, 3.8) is 0 Å². The molecule has 0 saturated heterocycles. The normalized spacial score (nSPS) is 15.6. The summed E-state index contributed by atoms with van der Waals surface area (Å²) in [5, 5.41) is 1.06. The summed E-state index contributed by atoms with van der Waals surface area (Å²) in [7, 11) is 0. The molecule has 0 bridgehead atoms. The van der Waals surface area contributed by atoms with Crippen molar-refractivity contribution < 1.29 is 4.74 Å². The topological polar surface area (TPSA) is 9.23 Å². The van der Waals surface area contributed by atoms with Crippen molar-refractivity contribution in [1.82, 2.24) is 0 Å². The molecule has 18 heavy (non-hydrogen) atoms. The van der Waals surface area contributed by atoms with E-state index >= 15 is 0 Å². The fraction of sp³-hybridized carbons (Fsp3) is 0.600. The van der Waals surface area contributed by atoms with E-state index in [4.69, 9.17) is 4.74 Å². The average Bonchev–Trinajstić information content (AvgIpc) is 2.75. The molecule has 0 N–H and O–H groups in total. The Kier molecular flexibility index (Phi) is 5.14. The van der Waals surface area contributed by atoms with E-state index in [9.17, 15) is 0 Å². The first-order valence-electron chi connectivity index (χ1n) is 6.60. The van der Waals surface area contributed by atoms with E-state index in [1.807, 2.05) is 0 Å². The Morgan fingerprint density at radius 2 is 2.11 bits per heavy atom. The standard InChI is InChI=1S/C15H20Br2O/c1-10(2)5-11(9-16)6-13-8-14(17)7-12-3-4-18-15(12)13/h7-8,10-11H,3-6,9H2,1-2H3. The minimum Gasteiger partial charge on any atom is -0.493 e. The van der Waals surface area contributed by atoms with Crippen LogP contribution in [0, 0.1) is 11.8 Å². The van der Waals surface area contributed by atoms with E-state index in [-0.39, 0.29) is 0 Å². The lowest BCUT2D eigenvalue weighted by Crippen LogP contribution is -2.10. The summed E-state index contributed by atoms with van der Waals surface area (Å²) < 4.78 is 6.98. The molecule has 1 aliphatic rings. The van der Waals surface area contributed by atoms with Crippen LogP contribution in [-0.2, 0) is 12.8 Å². The number of ether oxygens (including phenoxy) is 1. The summed E-state index contributed by atoms with van der Waals surface area (Å²) in [6.07, 6.45) is 3.41. The second-order valence-electron chi connectivity index (χ2n) is 5.51. The van der Waals surface area contributed by atoms with Gasteiger partial charge in [-0.2, -0.15) is 0 Å². The van der Waals surface area contributed by atoms with E-state index in [1.165, 1.54) is 22.0 Å². The third-order valence-electron chi connectivity index (χ3n) is 3.36. The average molecular weight is 376 g/mol. The smallest absolute Gasteiger partial charge is 0.125 e. The van der Waals surface area contributed by atoms with Crippen molar-refractivity contribution in [3.8, 4) is 5.75 Å². The Morgan fingerprint density at radius 1 is 1.33 bits per heavy atom. The molecular weight excluding hydrogens is 356 g/mol. The minimum absolute atomic E-state index is 0.688. The number of hydrogen-bond acceptors (Lipinski definition) is 1. The molecule has 0 aliphatic carbocycles. The SMILES string of the molecule is CC(C)CC(CBr)Cc1cc(Br)cc2c1OCC2. The van der Waals surface area contributed by atoms with Crippen LogP contribution in [0.4, 0.5) is 0 Å². The molecule has 2 rings (SSSR count). The predicted molar refractivity (Wildman–Crippen MR) is 83.8 cm³/mol. The van der Waals surface area contributed by atoms with E-state index in [1.54, 1.807) is 0 Å². The van der Waals surface area contributed by atoms with Crippen molar-refractivity contribution in [2.75, 3.05) is 11.9 Å². The third kappa shape index (κ3) is 3.51. The first-order valence-corrected chi connectivity index (χ1v) is 8.51. The monoisotopic (exact) mass is 374 g/mol. The van der Waals surface area contributed by atoms with Crippen molar-refractivity contribution in [1.29, 1.82) is 0 Å². The van der Waals surface area contributed by atoms with Crippen LogP contribution in [0.3, 0.4) is 0 Å². The molecule has 0 aromatic heterocycles. The van der Waals surface area contributed by atoms with E-state index in [2.05, 4.69) is 57.8 Å². The molecule has 1 unspecified atom stereocenters. The van der Waals surface area contributed by atoms with Gasteiger partial charge < -0.3 is 4.74 Å². The highest BCUT2D eigenvalue weighted by Crippen LogP contribution is 2.35. The maximum absolute atomic E-state index is 5.80. The molecule has 100 valence electrons. The highest BCUT2D eigenvalue weighted by atomic mass is 79.9. The summed E-state index contributed by atoms with van der Waals surface area (Å²) >= 11 is 7.26. The van der Waals surface area contributed by atoms with Gasteiger partial charge in [0.1, 0.15) is 5.75 Å². The Hall–Kier alpha value is -0.0200. The van der Waals surface area contributed by atoms with Crippen LogP contribution in [0.25, 0.3) is 0 Å². The second kappa shape index (κ2) is 6.42. The molecule has 3 heteroatoms. The number of alkyl halides is 1. The highest BCUT2D eigenvalue weighted by Gasteiger charge is 2.20. The number of rotatable bonds is 5. The lowest BCUT2D eigenvalue weighted by atomic mass is 9.91. The van der Waals surface area contributed by atoms with Crippen LogP contribution in [0.2, 0.25) is 0 Å². The van der Waals surface area contributed by atoms with Crippen LogP contribution >= 0.6 is 31.9 Å². The zero-order valence-electron chi connectivity index (χ0n) is 11.0. The summed E-state index contributed by atoms with van der Waals surface area (Å²) in [4.78, 5) is 0. The van der Waals surface area contributed by atoms with Gasteiger partial charge in [0.25, 0.3) is 0 Å². The second-order valence-corrected chi connectivity index (χ2v) is 7.07. The lowest BCUT2D eigenvalue weighted by Gasteiger charge is -2.18. The van der Waals surface area contributed by atoms with Gasteiger partial charge in [-0.15, -0.1) is 0 Å². The zero-order chi connectivity index (χ0) is 13.1. The van der Waals surface area contributed by atoms with Gasteiger partial charge in [0, 0.05) is 16.2 Å². The van der Waals surface area contributed by atoms with Crippen molar-refractivity contribution >= 4 is 31.9 Å². The molecule has 0 saturated carbocycles. The molecule has 1 aliphatic heterocycles. The molecule has 1 atom stereocenters. The zero-order valence-corrected chi connectivity index (χ0v) is 14.2. The van der Waals surface area contributed by atoms with Crippen molar-refractivity contribution in [2.45, 2.75) is 33.1 Å². The van der Waals surface area contributed by atoms with Gasteiger partial charge in [0.05, 0.1) is 6.61 Å². The Bertz CT molecular complexity index is 415. The Balaban J connectivity index is 2.18. The number of benzene rings is 1. The molecule has 1 aromatic carbocycles. The van der Waals surface area contributed by atoms with Crippen molar-refractivity contribution in [2.24, 2.45) is 11.8 Å². The lowest BCUT2D eigenvalue weighted by molar-refractivity contribution is 0.349. The van der Waals surface area contributed by atoms with Gasteiger partial charge in [0.2, 0.25) is 0 Å². The van der Waals surface area contributed by atoms with Gasteiger partial charge in [-0.3, -0.25) is 0 Å². The summed E-state index contributed by atoms with van der Waals surface area (Å²) in [6, 6.07) is 4.41. The molecule has 0 radical (unpaired) electrons. The first kappa shape index (κ1) is 14.4. The van der Waals surface area contributed by atoms with Crippen LogP contribution in [0.1, 0.15) is 31.4 Å². The number of halogens is 2. The molecule has 0 fully saturated rings. The van der Waals surface area contributed by atoms with E-state index in [0.29, 0.717) is 5.92 Å². The van der Waals surface area contributed by atoms with Gasteiger partial charge in [-0.25, -0.2) is 0 Å². The quantitative estimate of drug-likeness (QED) is 0.659. The maximum atomic E-state index is 5.80. The number of fused-ring (bicyclic) bond motifs is 1. The fourth-order valence-corrected chi connectivity index (χ4v) is 3.72. The van der Waals surface area contributed by atoms with Gasteiger partial charge in [0.15, 0.2) is 0 Å². The van der Waals surface area contributed by atoms with Gasteiger partial charge >= 0.3 is 0 Å². The van der Waals surface area contributed by atoms with E-state index in [0.717, 1.165) is 36.4 Å². The van der Waals surface area contributed by atoms with Crippen molar-refractivity contribution in [3.05, 3.63) is 27.7 Å². The molecular formula is C15H20Br2O. The molecule has 1 nitrogen and oxygen atoms in total. The first-order chi connectivity index (χ1) is 8.60. The van der Waals surface area contributed by atoms with Gasteiger partial charge in [-0.1, -0.05) is 45.7 Å². The van der Waals surface area contributed by atoms with Crippen LogP contribution < -0.4 is 4.74 Å². The summed E-state index contributed by atoms with van der Waals surface area (Å²) in [6.45, 7) is 5.41. The summed E-state index contributed by atoms with van der Waals surface area (Å²) in [5.74, 6) is 2.58. The molecule has 1 aromatic rings. The molecule has 1 heterocycles. The largest absolute Gasteiger partial charge is 0.493 e. The fourth-order valence-electron chi connectivity index (χ4n) is 2.68. The number of hydrogen-bond donors (Lipinski definition) is 0. The van der Waals surface area contributed by atoms with Crippen LogP contribution in [-0.4, -0.2) is 11.9 Å². The van der Waals surface area contributed by atoms with E-state index < -0.39 is 0 Å². The Labute approximate surface area is 127 Å². The predicted octanol–water partition coefficient (Wildman–Crippen LogP) is 4.98. The van der Waals surface area contributed by atoms with Crippen LogP contribution in [0.15, 0.2) is 16.6 Å². The maximum Gasteiger partial charge on any atom is 0.125 e. The molecule has 0 spiro atoms. The third-order valence-corrected chi connectivity index (χ3v) is 4.73. The van der Waals surface area contributed by atoms with Crippen LogP contribution in [0.5, 0.6) is 5.75 Å².